The Hall–Kier alpha value is -1.29. The highest BCUT2D eigenvalue weighted by molar-refractivity contribution is 7.91. The molecule has 2 aliphatic rings. The number of aryl methyl sites for hydroxylation is 1. The van der Waals surface area contributed by atoms with Crippen molar-refractivity contribution >= 4 is 43.7 Å². The van der Waals surface area contributed by atoms with Gasteiger partial charge in [0.15, 0.2) is 5.13 Å². The molecule has 3 heterocycles. The molecule has 2 aromatic rings. The number of carbonyl (C=O) groups is 1. The van der Waals surface area contributed by atoms with E-state index in [9.17, 15) is 13.2 Å². The molecule has 1 amide bonds. The van der Waals surface area contributed by atoms with Crippen molar-refractivity contribution in [2.24, 2.45) is 5.92 Å². The fraction of sp³-hybridized carbons (Fsp3) is 0.500. The molecule has 1 N–H and O–H groups in total. The van der Waals surface area contributed by atoms with Crippen molar-refractivity contribution in [3.8, 4) is 0 Å². The van der Waals surface area contributed by atoms with E-state index in [0.717, 1.165) is 34.7 Å². The van der Waals surface area contributed by atoms with Crippen molar-refractivity contribution in [3.05, 3.63) is 27.6 Å². The van der Waals surface area contributed by atoms with Gasteiger partial charge in [-0.05, 0) is 31.4 Å². The molecule has 2 aromatic heterocycles. The van der Waals surface area contributed by atoms with Gasteiger partial charge >= 0.3 is 0 Å². The minimum Gasteiger partial charge on any atom is -0.302 e. The maximum atomic E-state index is 12.9. The largest absolute Gasteiger partial charge is 0.302 e. The Balaban J connectivity index is 1.51. The van der Waals surface area contributed by atoms with Crippen molar-refractivity contribution in [2.75, 3.05) is 11.9 Å². The monoisotopic (exact) mass is 397 g/mol. The van der Waals surface area contributed by atoms with Gasteiger partial charge in [-0.25, -0.2) is 13.4 Å². The molecule has 0 atom stereocenters. The van der Waals surface area contributed by atoms with Gasteiger partial charge in [0.05, 0.1) is 12.2 Å². The van der Waals surface area contributed by atoms with Crippen LogP contribution < -0.4 is 5.32 Å². The molecule has 0 saturated heterocycles. The standard InChI is InChI=1S/C16H19N3O3S3/c1-2-11-5-6-14(23-11)25(21,22)19-8-7-12-13(9-19)24-16(17-12)18-15(20)10-3-4-10/h5-6,10H,2-4,7-9H2,1H3,(H,17,18,20). The summed E-state index contributed by atoms with van der Waals surface area (Å²) >= 11 is 2.73. The second-order valence-electron chi connectivity index (χ2n) is 6.32. The minimum absolute atomic E-state index is 0.0289. The van der Waals surface area contributed by atoms with Crippen LogP contribution in [-0.2, 0) is 34.2 Å². The number of thiazole rings is 1. The van der Waals surface area contributed by atoms with E-state index in [1.807, 2.05) is 13.0 Å². The van der Waals surface area contributed by atoms with Crippen LogP contribution in [0.4, 0.5) is 5.13 Å². The number of sulfonamides is 1. The Morgan fingerprint density at radius 2 is 2.16 bits per heavy atom. The Kier molecular flexibility index (Phi) is 4.43. The van der Waals surface area contributed by atoms with E-state index in [4.69, 9.17) is 0 Å². The lowest BCUT2D eigenvalue weighted by atomic mass is 10.2. The highest BCUT2D eigenvalue weighted by Gasteiger charge is 2.33. The fourth-order valence-corrected chi connectivity index (χ4v) is 6.76. The molecular weight excluding hydrogens is 378 g/mol. The molecule has 1 saturated carbocycles. The molecule has 0 aromatic carbocycles. The highest BCUT2D eigenvalue weighted by Crippen LogP contribution is 2.35. The molecule has 1 aliphatic heterocycles. The molecule has 1 fully saturated rings. The summed E-state index contributed by atoms with van der Waals surface area (Å²) in [4.78, 5) is 18.3. The van der Waals surface area contributed by atoms with Crippen LogP contribution in [0.15, 0.2) is 16.3 Å². The Labute approximate surface area is 154 Å². The van der Waals surface area contributed by atoms with Crippen molar-refractivity contribution in [1.82, 2.24) is 9.29 Å². The topological polar surface area (TPSA) is 79.4 Å². The number of nitrogens with zero attached hydrogens (tertiary/aromatic N) is 2. The normalized spacial score (nSPS) is 18.1. The van der Waals surface area contributed by atoms with E-state index in [1.165, 1.54) is 27.0 Å². The second kappa shape index (κ2) is 6.46. The van der Waals surface area contributed by atoms with Crippen LogP contribution >= 0.6 is 22.7 Å². The van der Waals surface area contributed by atoms with Gasteiger partial charge in [-0.15, -0.1) is 22.7 Å². The zero-order valence-corrected chi connectivity index (χ0v) is 16.3. The lowest BCUT2D eigenvalue weighted by molar-refractivity contribution is -0.117. The lowest BCUT2D eigenvalue weighted by Gasteiger charge is -2.24. The molecule has 0 unspecified atom stereocenters. The number of thiophene rings is 1. The lowest BCUT2D eigenvalue weighted by Crippen LogP contribution is -2.35. The summed E-state index contributed by atoms with van der Waals surface area (Å²) in [5.41, 5.74) is 0.906. The number of aromatic nitrogens is 1. The summed E-state index contributed by atoms with van der Waals surface area (Å²) in [6.45, 7) is 2.77. The molecule has 9 heteroatoms. The van der Waals surface area contributed by atoms with Gasteiger partial charge in [-0.3, -0.25) is 4.79 Å². The van der Waals surface area contributed by atoms with Gasteiger partial charge in [-0.1, -0.05) is 6.92 Å². The number of carbonyl (C=O) groups excluding carboxylic acids is 1. The van der Waals surface area contributed by atoms with Crippen LogP contribution in [0.5, 0.6) is 0 Å². The molecule has 0 spiro atoms. The predicted molar refractivity (Wildman–Crippen MR) is 98.5 cm³/mol. The number of hydrogen-bond donors (Lipinski definition) is 1. The smallest absolute Gasteiger partial charge is 0.252 e. The number of nitrogens with one attached hydrogen (secondary N) is 1. The third-order valence-electron chi connectivity index (χ3n) is 4.45. The van der Waals surface area contributed by atoms with E-state index in [2.05, 4.69) is 10.3 Å². The first kappa shape index (κ1) is 17.1. The van der Waals surface area contributed by atoms with Crippen LogP contribution in [0.1, 0.15) is 35.2 Å². The molecule has 1 aliphatic carbocycles. The summed E-state index contributed by atoms with van der Waals surface area (Å²) in [5, 5.41) is 3.45. The number of amides is 1. The molecule has 0 radical (unpaired) electrons. The highest BCUT2D eigenvalue weighted by atomic mass is 32.2. The third kappa shape index (κ3) is 3.38. The maximum absolute atomic E-state index is 12.9. The molecular formula is C16H19N3O3S3. The van der Waals surface area contributed by atoms with E-state index in [-0.39, 0.29) is 11.8 Å². The molecule has 0 bridgehead atoms. The first-order valence-corrected chi connectivity index (χ1v) is 11.4. The Morgan fingerprint density at radius 1 is 1.36 bits per heavy atom. The summed E-state index contributed by atoms with van der Waals surface area (Å²) in [6.07, 6.45) is 3.31. The SMILES string of the molecule is CCc1ccc(S(=O)(=O)N2CCc3nc(NC(=O)C4CC4)sc3C2)s1. The van der Waals surface area contributed by atoms with Crippen molar-refractivity contribution < 1.29 is 13.2 Å². The number of hydrogen-bond acceptors (Lipinski definition) is 6. The summed E-state index contributed by atoms with van der Waals surface area (Å²) < 4.78 is 27.6. The second-order valence-corrected chi connectivity index (χ2v) is 10.7. The zero-order chi connectivity index (χ0) is 17.6. The van der Waals surface area contributed by atoms with E-state index < -0.39 is 10.0 Å². The van der Waals surface area contributed by atoms with Crippen LogP contribution in [-0.4, -0.2) is 30.2 Å². The molecule has 6 nitrogen and oxygen atoms in total. The van der Waals surface area contributed by atoms with Gasteiger partial charge in [0.2, 0.25) is 5.91 Å². The van der Waals surface area contributed by atoms with Gasteiger partial charge in [0.25, 0.3) is 10.0 Å². The summed E-state index contributed by atoms with van der Waals surface area (Å²) in [7, 11) is -3.47. The first-order chi connectivity index (χ1) is 12.0. The average Bonchev–Trinajstić information content (AvgIpc) is 3.19. The van der Waals surface area contributed by atoms with Gasteiger partial charge in [0, 0.05) is 28.6 Å². The number of anilines is 1. The van der Waals surface area contributed by atoms with E-state index in [0.29, 0.717) is 28.9 Å². The van der Waals surface area contributed by atoms with Gasteiger partial charge in [0.1, 0.15) is 4.21 Å². The maximum Gasteiger partial charge on any atom is 0.252 e. The summed E-state index contributed by atoms with van der Waals surface area (Å²) in [5.74, 6) is 0.158. The van der Waals surface area contributed by atoms with Crippen LogP contribution in [0.3, 0.4) is 0 Å². The van der Waals surface area contributed by atoms with Gasteiger partial charge in [-0.2, -0.15) is 4.31 Å². The van der Waals surface area contributed by atoms with Crippen LogP contribution in [0.2, 0.25) is 0 Å². The fourth-order valence-electron chi connectivity index (χ4n) is 2.80. The number of fused-ring (bicyclic) bond motifs is 1. The van der Waals surface area contributed by atoms with Crippen molar-refractivity contribution in [3.63, 3.8) is 0 Å². The van der Waals surface area contributed by atoms with Gasteiger partial charge < -0.3 is 5.32 Å². The van der Waals surface area contributed by atoms with Crippen LogP contribution in [0.25, 0.3) is 0 Å². The first-order valence-electron chi connectivity index (χ1n) is 8.35. The molecule has 4 rings (SSSR count). The van der Waals surface area contributed by atoms with Crippen LogP contribution in [0, 0.1) is 5.92 Å². The van der Waals surface area contributed by atoms with Crippen molar-refractivity contribution in [2.45, 2.75) is 43.4 Å². The summed E-state index contributed by atoms with van der Waals surface area (Å²) in [6, 6.07) is 3.58. The Morgan fingerprint density at radius 3 is 2.84 bits per heavy atom. The molecule has 134 valence electrons. The Bertz CT molecular complexity index is 912. The zero-order valence-electron chi connectivity index (χ0n) is 13.8. The van der Waals surface area contributed by atoms with E-state index in [1.54, 1.807) is 6.07 Å². The predicted octanol–water partition coefficient (Wildman–Crippen LogP) is 2.86. The quantitative estimate of drug-likeness (QED) is 0.841. The number of rotatable bonds is 5. The van der Waals surface area contributed by atoms with E-state index >= 15 is 0 Å². The third-order valence-corrected chi connectivity index (χ3v) is 8.99. The van der Waals surface area contributed by atoms with Crippen molar-refractivity contribution in [1.29, 1.82) is 0 Å². The average molecular weight is 398 g/mol. The molecule has 25 heavy (non-hydrogen) atoms. The minimum atomic E-state index is -3.47.